The van der Waals surface area contributed by atoms with E-state index in [1.807, 2.05) is 66.1 Å². The van der Waals surface area contributed by atoms with E-state index in [0.29, 0.717) is 25.5 Å². The Morgan fingerprint density at radius 3 is 2.67 bits per heavy atom. The minimum atomic E-state index is -0.494. The van der Waals surface area contributed by atoms with Crippen LogP contribution in [0.15, 0.2) is 59.7 Å². The van der Waals surface area contributed by atoms with Crippen LogP contribution in [0.1, 0.15) is 30.8 Å². The van der Waals surface area contributed by atoms with Crippen molar-refractivity contribution in [1.29, 1.82) is 0 Å². The average molecular weight is 480 g/mol. The molecule has 0 bridgehead atoms. The van der Waals surface area contributed by atoms with Gasteiger partial charge in [0.25, 0.3) is 0 Å². The first kappa shape index (κ1) is 21.1. The van der Waals surface area contributed by atoms with Gasteiger partial charge in [0.15, 0.2) is 17.4 Å². The monoisotopic (exact) mass is 480 g/mol. The van der Waals surface area contributed by atoms with Crippen LogP contribution in [0.4, 0.5) is 0 Å². The van der Waals surface area contributed by atoms with Crippen LogP contribution in [0.2, 0.25) is 0 Å². The molecule has 1 atom stereocenters. The van der Waals surface area contributed by atoms with Gasteiger partial charge in [-0.25, -0.2) is 4.99 Å². The minimum absolute atomic E-state index is 0. The van der Waals surface area contributed by atoms with Crippen molar-refractivity contribution in [1.82, 2.24) is 25.2 Å². The number of aliphatic hydroxyl groups excluding tert-OH is 1. The molecule has 0 spiro atoms. The summed E-state index contributed by atoms with van der Waals surface area (Å²) in [6, 6.07) is 15.5. The molecular weight excluding hydrogens is 455 g/mol. The van der Waals surface area contributed by atoms with Crippen molar-refractivity contribution in [2.24, 2.45) is 4.99 Å². The van der Waals surface area contributed by atoms with Gasteiger partial charge in [0, 0.05) is 19.3 Å². The van der Waals surface area contributed by atoms with E-state index in [1.54, 1.807) is 0 Å². The number of aliphatic hydroxyl groups is 1. The second-order valence-corrected chi connectivity index (χ2v) is 5.88. The van der Waals surface area contributed by atoms with Gasteiger partial charge in [-0.05, 0) is 31.0 Å². The lowest BCUT2D eigenvalue weighted by atomic mass is 10.1. The van der Waals surface area contributed by atoms with Gasteiger partial charge in [0.05, 0.1) is 6.10 Å². The van der Waals surface area contributed by atoms with Gasteiger partial charge >= 0.3 is 0 Å². The molecule has 3 rings (SSSR count). The zero-order valence-corrected chi connectivity index (χ0v) is 17.6. The average Bonchev–Trinajstić information content (AvgIpc) is 3.10. The van der Waals surface area contributed by atoms with Gasteiger partial charge in [-0.1, -0.05) is 36.4 Å². The van der Waals surface area contributed by atoms with Crippen molar-refractivity contribution in [2.75, 3.05) is 13.1 Å². The minimum Gasteiger partial charge on any atom is -0.388 e. The number of guanidine groups is 1. The summed E-state index contributed by atoms with van der Waals surface area (Å²) in [6.07, 6.45) is 2.03. The third-order valence-corrected chi connectivity index (χ3v) is 4.00. The molecule has 1 aromatic carbocycles. The maximum Gasteiger partial charge on any atom is 0.191 e. The lowest BCUT2D eigenvalue weighted by Crippen LogP contribution is -2.38. The first-order valence-electron chi connectivity index (χ1n) is 8.81. The smallest absolute Gasteiger partial charge is 0.191 e. The molecule has 1 unspecified atom stereocenters. The molecule has 8 heteroatoms. The number of aliphatic imine (C=N–C) groups is 1. The molecule has 0 saturated heterocycles. The number of nitrogens with one attached hydrogen (secondary N) is 2. The van der Waals surface area contributed by atoms with Crippen molar-refractivity contribution in [2.45, 2.75) is 26.0 Å². The predicted octanol–water partition coefficient (Wildman–Crippen LogP) is 2.53. The van der Waals surface area contributed by atoms with E-state index in [4.69, 9.17) is 0 Å². The van der Waals surface area contributed by atoms with Crippen LogP contribution in [0.5, 0.6) is 0 Å². The summed E-state index contributed by atoms with van der Waals surface area (Å²) in [6.45, 7) is 3.81. The summed E-state index contributed by atoms with van der Waals surface area (Å²) in [7, 11) is 0. The second kappa shape index (κ2) is 10.8. The standard InChI is InChI=1S/C19H24N6O.HI/c1-2-20-19(21-12-11-16(26)15-8-4-3-5-9-15)22-14-18-24-23-17-10-6-7-13-25(17)18;/h3-10,13,16,26H,2,11-12,14H2,1H3,(H2,20,21,22);1H. The molecule has 0 fully saturated rings. The van der Waals surface area contributed by atoms with Gasteiger partial charge in [-0.2, -0.15) is 0 Å². The van der Waals surface area contributed by atoms with Crippen molar-refractivity contribution in [3.05, 3.63) is 66.1 Å². The number of pyridine rings is 1. The number of fused-ring (bicyclic) bond motifs is 1. The summed E-state index contributed by atoms with van der Waals surface area (Å²) >= 11 is 0. The van der Waals surface area contributed by atoms with Crippen LogP contribution < -0.4 is 10.6 Å². The quantitative estimate of drug-likeness (QED) is 0.275. The number of halogens is 1. The van der Waals surface area contributed by atoms with Gasteiger partial charge in [0.2, 0.25) is 0 Å². The molecule has 7 nitrogen and oxygen atoms in total. The molecule has 0 radical (unpaired) electrons. The van der Waals surface area contributed by atoms with E-state index in [-0.39, 0.29) is 24.0 Å². The molecule has 0 aliphatic rings. The normalized spacial score (nSPS) is 12.4. The highest BCUT2D eigenvalue weighted by Gasteiger charge is 2.08. The fraction of sp³-hybridized carbons (Fsp3) is 0.316. The van der Waals surface area contributed by atoms with Gasteiger partial charge in [-0.3, -0.25) is 4.40 Å². The Kier molecular flexibility index (Phi) is 8.46. The van der Waals surface area contributed by atoms with Crippen LogP contribution in [0, 0.1) is 0 Å². The molecule has 0 amide bonds. The van der Waals surface area contributed by atoms with E-state index < -0.39 is 6.10 Å². The van der Waals surface area contributed by atoms with Crippen molar-refractivity contribution in [3.8, 4) is 0 Å². The predicted molar refractivity (Wildman–Crippen MR) is 117 cm³/mol. The molecule has 3 N–H and O–H groups in total. The number of hydrogen-bond acceptors (Lipinski definition) is 4. The number of nitrogens with zero attached hydrogens (tertiary/aromatic N) is 4. The fourth-order valence-corrected chi connectivity index (χ4v) is 2.66. The lowest BCUT2D eigenvalue weighted by Gasteiger charge is -2.14. The topological polar surface area (TPSA) is 86.8 Å². The van der Waals surface area contributed by atoms with Gasteiger partial charge in [0.1, 0.15) is 6.54 Å². The first-order chi connectivity index (χ1) is 12.8. The van der Waals surface area contributed by atoms with Crippen LogP contribution in [-0.2, 0) is 6.54 Å². The number of rotatable bonds is 7. The van der Waals surface area contributed by atoms with Crippen LogP contribution in [0.25, 0.3) is 5.65 Å². The van der Waals surface area contributed by atoms with E-state index in [2.05, 4.69) is 25.8 Å². The summed E-state index contributed by atoms with van der Waals surface area (Å²) in [5.74, 6) is 1.47. The Balaban J connectivity index is 0.00000261. The summed E-state index contributed by atoms with van der Waals surface area (Å²) in [4.78, 5) is 4.57. The molecule has 3 aromatic rings. The fourth-order valence-electron chi connectivity index (χ4n) is 2.66. The van der Waals surface area contributed by atoms with Gasteiger partial charge in [-0.15, -0.1) is 34.2 Å². The Bertz CT molecular complexity index is 852. The third-order valence-electron chi connectivity index (χ3n) is 4.00. The van der Waals surface area contributed by atoms with Gasteiger partial charge < -0.3 is 15.7 Å². The maximum atomic E-state index is 10.2. The van der Waals surface area contributed by atoms with E-state index in [1.165, 1.54) is 0 Å². The molecular formula is C19H25IN6O. The Morgan fingerprint density at radius 2 is 1.89 bits per heavy atom. The Morgan fingerprint density at radius 1 is 1.11 bits per heavy atom. The van der Waals surface area contributed by atoms with E-state index >= 15 is 0 Å². The molecule has 0 saturated carbocycles. The second-order valence-electron chi connectivity index (χ2n) is 5.88. The number of benzene rings is 1. The Labute approximate surface area is 176 Å². The molecule has 27 heavy (non-hydrogen) atoms. The highest BCUT2D eigenvalue weighted by Crippen LogP contribution is 2.14. The molecule has 144 valence electrons. The Hall–Kier alpha value is -2.20. The summed E-state index contributed by atoms with van der Waals surface area (Å²) < 4.78 is 1.92. The zero-order chi connectivity index (χ0) is 18.2. The summed E-state index contributed by atoms with van der Waals surface area (Å²) in [5.41, 5.74) is 1.73. The largest absolute Gasteiger partial charge is 0.388 e. The van der Waals surface area contributed by atoms with Crippen molar-refractivity contribution in [3.63, 3.8) is 0 Å². The van der Waals surface area contributed by atoms with E-state index in [0.717, 1.165) is 23.6 Å². The SMILES string of the molecule is CCNC(=NCc1nnc2ccccn12)NCCC(O)c1ccccc1.I. The molecule has 0 aliphatic heterocycles. The molecule has 2 aromatic heterocycles. The number of aromatic nitrogens is 3. The first-order valence-corrected chi connectivity index (χ1v) is 8.81. The van der Waals surface area contributed by atoms with Crippen LogP contribution in [0.3, 0.4) is 0 Å². The number of hydrogen-bond donors (Lipinski definition) is 3. The lowest BCUT2D eigenvalue weighted by molar-refractivity contribution is 0.168. The highest BCUT2D eigenvalue weighted by atomic mass is 127. The third kappa shape index (κ3) is 5.90. The maximum absolute atomic E-state index is 10.2. The van der Waals surface area contributed by atoms with Crippen LogP contribution >= 0.6 is 24.0 Å². The van der Waals surface area contributed by atoms with Crippen LogP contribution in [-0.4, -0.2) is 38.8 Å². The summed E-state index contributed by atoms with van der Waals surface area (Å²) in [5, 5.41) is 25.0. The van der Waals surface area contributed by atoms with Crippen molar-refractivity contribution < 1.29 is 5.11 Å². The zero-order valence-electron chi connectivity index (χ0n) is 15.2. The van der Waals surface area contributed by atoms with Crippen molar-refractivity contribution >= 4 is 35.6 Å². The molecule has 0 aliphatic carbocycles. The highest BCUT2D eigenvalue weighted by molar-refractivity contribution is 14.0. The van der Waals surface area contributed by atoms with E-state index in [9.17, 15) is 5.11 Å². The molecule has 2 heterocycles.